The molecule has 0 aromatic carbocycles. The van der Waals surface area contributed by atoms with Crippen molar-refractivity contribution in [2.24, 2.45) is 5.41 Å². The fourth-order valence-electron chi connectivity index (χ4n) is 0.755. The van der Waals surface area contributed by atoms with Crippen LogP contribution in [0.1, 0.15) is 20.3 Å². The summed E-state index contributed by atoms with van der Waals surface area (Å²) < 4.78 is 0. The molecule has 46 valence electrons. The van der Waals surface area contributed by atoms with Gasteiger partial charge in [0.2, 0.25) is 0 Å². The first-order valence-electron chi connectivity index (χ1n) is 2.87. The lowest BCUT2D eigenvalue weighted by Gasteiger charge is -2.05. The predicted octanol–water partition coefficient (Wildman–Crippen LogP) is 2.74. The summed E-state index contributed by atoms with van der Waals surface area (Å²) in [5, 5.41) is 0. The van der Waals surface area contributed by atoms with Gasteiger partial charge in [-0.25, -0.2) is 0 Å². The lowest BCUT2D eigenvalue weighted by molar-refractivity contribution is 0.699. The molecule has 8 heavy (non-hydrogen) atoms. The van der Waals surface area contributed by atoms with Crippen LogP contribution >= 0.6 is 15.9 Å². The first-order valence-corrected chi connectivity index (χ1v) is 3.79. The van der Waals surface area contributed by atoms with Crippen LogP contribution in [-0.2, 0) is 0 Å². The zero-order valence-corrected chi connectivity index (χ0v) is 6.96. The molecule has 0 heterocycles. The fourth-order valence-corrected chi connectivity index (χ4v) is 1.82. The summed E-state index contributed by atoms with van der Waals surface area (Å²) in [7, 11) is 0. The van der Waals surface area contributed by atoms with Gasteiger partial charge in [-0.15, -0.1) is 0 Å². The van der Waals surface area contributed by atoms with E-state index in [4.69, 9.17) is 0 Å². The van der Waals surface area contributed by atoms with Crippen LogP contribution in [0.15, 0.2) is 12.2 Å². The predicted molar refractivity (Wildman–Crippen MR) is 40.3 cm³/mol. The minimum atomic E-state index is 0.431. The minimum Gasteiger partial charge on any atom is -0.0995 e. The maximum absolute atomic E-state index is 3.91. The molecule has 0 unspecified atom stereocenters. The quantitative estimate of drug-likeness (QED) is 0.424. The molecule has 2 atom stereocenters. The van der Waals surface area contributed by atoms with Gasteiger partial charge in [0.1, 0.15) is 0 Å². The second kappa shape index (κ2) is 1.60. The Labute approximate surface area is 59.1 Å². The Balaban J connectivity index is 2.60. The van der Waals surface area contributed by atoms with E-state index in [2.05, 4.69) is 36.4 Å². The fraction of sp³-hybridized carbons (Fsp3) is 0.714. The summed E-state index contributed by atoms with van der Waals surface area (Å²) in [6, 6.07) is 0. The van der Waals surface area contributed by atoms with Gasteiger partial charge < -0.3 is 0 Å². The van der Waals surface area contributed by atoms with Crippen LogP contribution < -0.4 is 0 Å². The van der Waals surface area contributed by atoms with Gasteiger partial charge in [-0.2, -0.15) is 0 Å². The average Bonchev–Trinajstić information content (AvgIpc) is 2.17. The number of rotatable bonds is 1. The maximum Gasteiger partial charge on any atom is 0.0245 e. The summed E-state index contributed by atoms with van der Waals surface area (Å²) in [6.07, 6.45) is 1.27. The average molecular weight is 175 g/mol. The second-order valence-corrected chi connectivity index (χ2v) is 3.97. The van der Waals surface area contributed by atoms with Gasteiger partial charge in [0, 0.05) is 10.2 Å². The highest BCUT2D eigenvalue weighted by atomic mass is 79.9. The molecule has 0 nitrogen and oxygen atoms in total. The van der Waals surface area contributed by atoms with E-state index in [9.17, 15) is 0 Å². The van der Waals surface area contributed by atoms with Crippen molar-refractivity contribution in [3.63, 3.8) is 0 Å². The van der Waals surface area contributed by atoms with Gasteiger partial charge in [0.15, 0.2) is 0 Å². The molecule has 0 aromatic rings. The zero-order chi connectivity index (χ0) is 6.36. The van der Waals surface area contributed by atoms with E-state index in [-0.39, 0.29) is 0 Å². The molecule has 1 heteroatoms. The molecule has 0 saturated heterocycles. The lowest BCUT2D eigenvalue weighted by Crippen LogP contribution is -1.96. The summed E-state index contributed by atoms with van der Waals surface area (Å²) in [5.74, 6) is 0. The van der Waals surface area contributed by atoms with Crippen LogP contribution in [0.4, 0.5) is 0 Å². The molecular weight excluding hydrogens is 164 g/mol. The molecule has 1 aliphatic rings. The van der Waals surface area contributed by atoms with Gasteiger partial charge in [-0.3, -0.25) is 0 Å². The molecule has 0 aliphatic heterocycles. The summed E-state index contributed by atoms with van der Waals surface area (Å²) in [6.45, 7) is 8.25. The topological polar surface area (TPSA) is 0 Å². The Kier molecular flexibility index (Phi) is 1.27. The maximum atomic E-state index is 3.91. The molecule has 1 rings (SSSR count). The molecule has 0 N–H and O–H groups in total. The highest BCUT2D eigenvalue weighted by Gasteiger charge is 2.48. The van der Waals surface area contributed by atoms with E-state index in [1.807, 2.05) is 0 Å². The highest BCUT2D eigenvalue weighted by molar-refractivity contribution is 9.09. The van der Waals surface area contributed by atoms with Crippen molar-refractivity contribution in [1.82, 2.24) is 0 Å². The Bertz CT molecular complexity index is 128. The lowest BCUT2D eigenvalue weighted by atomic mass is 10.0. The molecule has 0 bridgehead atoms. The monoisotopic (exact) mass is 174 g/mol. The Morgan fingerprint density at radius 1 is 1.88 bits per heavy atom. The molecule has 0 spiro atoms. The van der Waals surface area contributed by atoms with Crippen molar-refractivity contribution in [3.8, 4) is 0 Å². The third-order valence-corrected chi connectivity index (χ3v) is 3.44. The largest absolute Gasteiger partial charge is 0.0995 e. The van der Waals surface area contributed by atoms with Crippen LogP contribution in [0.3, 0.4) is 0 Å². The van der Waals surface area contributed by atoms with Crippen molar-refractivity contribution < 1.29 is 0 Å². The number of alkyl halides is 1. The summed E-state index contributed by atoms with van der Waals surface area (Å²) >= 11 is 3.54. The van der Waals surface area contributed by atoms with Gasteiger partial charge >= 0.3 is 0 Å². The van der Waals surface area contributed by atoms with Gasteiger partial charge in [0.05, 0.1) is 0 Å². The minimum absolute atomic E-state index is 0.431. The van der Waals surface area contributed by atoms with E-state index in [0.29, 0.717) is 10.2 Å². The molecule has 0 amide bonds. The molecule has 1 aliphatic carbocycles. The van der Waals surface area contributed by atoms with Crippen LogP contribution in [-0.4, -0.2) is 4.83 Å². The number of allylic oxidation sites excluding steroid dienone is 1. The Morgan fingerprint density at radius 3 is 2.25 bits per heavy atom. The van der Waals surface area contributed by atoms with Gasteiger partial charge in [0.25, 0.3) is 0 Å². The number of halogens is 1. The van der Waals surface area contributed by atoms with Crippen LogP contribution in [0.5, 0.6) is 0 Å². The van der Waals surface area contributed by atoms with E-state index in [1.54, 1.807) is 0 Å². The van der Waals surface area contributed by atoms with E-state index < -0.39 is 0 Å². The van der Waals surface area contributed by atoms with Crippen molar-refractivity contribution in [3.05, 3.63) is 12.2 Å². The number of hydrogen-bond acceptors (Lipinski definition) is 0. The standard InChI is InChI=1S/C7H11Br/c1-5(2)7(3)4-6(7)8/h6H,1,4H2,2-3H3/t6-,7+/m1/s1. The first-order chi connectivity index (χ1) is 3.57. The summed E-state index contributed by atoms with van der Waals surface area (Å²) in [5.41, 5.74) is 1.74. The Morgan fingerprint density at radius 2 is 2.25 bits per heavy atom. The third-order valence-electron chi connectivity index (χ3n) is 2.11. The first kappa shape index (κ1) is 6.34. The zero-order valence-electron chi connectivity index (χ0n) is 5.37. The molecule has 0 radical (unpaired) electrons. The molecular formula is C7H11Br. The van der Waals surface area contributed by atoms with Crippen molar-refractivity contribution in [2.45, 2.75) is 25.1 Å². The van der Waals surface area contributed by atoms with Crippen LogP contribution in [0, 0.1) is 5.41 Å². The molecule has 0 aromatic heterocycles. The van der Waals surface area contributed by atoms with Crippen molar-refractivity contribution in [1.29, 1.82) is 0 Å². The van der Waals surface area contributed by atoms with E-state index in [1.165, 1.54) is 12.0 Å². The SMILES string of the molecule is C=C(C)[C@]1(C)C[C@H]1Br. The molecule has 1 saturated carbocycles. The molecule has 1 fully saturated rings. The smallest absolute Gasteiger partial charge is 0.0245 e. The van der Waals surface area contributed by atoms with Crippen LogP contribution in [0.2, 0.25) is 0 Å². The number of hydrogen-bond donors (Lipinski definition) is 0. The summed E-state index contributed by atoms with van der Waals surface area (Å²) in [4.78, 5) is 0.701. The van der Waals surface area contributed by atoms with E-state index >= 15 is 0 Å². The van der Waals surface area contributed by atoms with Gasteiger partial charge in [-0.1, -0.05) is 35.0 Å². The highest BCUT2D eigenvalue weighted by Crippen LogP contribution is 2.55. The van der Waals surface area contributed by atoms with Gasteiger partial charge in [-0.05, 0) is 13.3 Å². The Hall–Kier alpha value is 0.220. The van der Waals surface area contributed by atoms with Crippen LogP contribution in [0.25, 0.3) is 0 Å². The third kappa shape index (κ3) is 0.732. The second-order valence-electron chi connectivity index (χ2n) is 2.87. The normalized spacial score (nSPS) is 44.1. The van der Waals surface area contributed by atoms with Crippen molar-refractivity contribution >= 4 is 15.9 Å². The van der Waals surface area contributed by atoms with E-state index in [0.717, 1.165) is 0 Å². The van der Waals surface area contributed by atoms with Crippen molar-refractivity contribution in [2.75, 3.05) is 0 Å².